The van der Waals surface area contributed by atoms with Crippen LogP contribution in [0.3, 0.4) is 0 Å². The highest BCUT2D eigenvalue weighted by molar-refractivity contribution is 5.91. The number of anilines is 1. The summed E-state index contributed by atoms with van der Waals surface area (Å²) in [6.45, 7) is 8.26. The average Bonchev–Trinajstić information content (AvgIpc) is 2.36. The van der Waals surface area contributed by atoms with Crippen LogP contribution in [0, 0.1) is 0 Å². The number of hydrogen-bond donors (Lipinski definition) is 2. The molecular formula is C15H22N2O3. The number of carbonyl (C=O) groups is 2. The maximum Gasteiger partial charge on any atom is 0.325 e. The van der Waals surface area contributed by atoms with Crippen molar-refractivity contribution in [3.63, 3.8) is 0 Å². The average molecular weight is 278 g/mol. The molecule has 0 atom stereocenters. The number of rotatable bonds is 4. The van der Waals surface area contributed by atoms with Gasteiger partial charge >= 0.3 is 12.0 Å². The van der Waals surface area contributed by atoms with Gasteiger partial charge in [0.15, 0.2) is 0 Å². The lowest BCUT2D eigenvalue weighted by atomic mass is 9.87. The first-order valence-corrected chi connectivity index (χ1v) is 6.64. The van der Waals surface area contributed by atoms with Crippen molar-refractivity contribution in [1.29, 1.82) is 0 Å². The first-order valence-electron chi connectivity index (χ1n) is 6.64. The Morgan fingerprint density at radius 1 is 1.15 bits per heavy atom. The van der Waals surface area contributed by atoms with Crippen molar-refractivity contribution in [1.82, 2.24) is 5.32 Å². The van der Waals surface area contributed by atoms with Gasteiger partial charge in [0.1, 0.15) is 6.54 Å². The van der Waals surface area contributed by atoms with E-state index in [1.807, 2.05) is 24.3 Å². The summed E-state index contributed by atoms with van der Waals surface area (Å²) in [5, 5.41) is 5.10. The summed E-state index contributed by atoms with van der Waals surface area (Å²) < 4.78 is 4.71. The molecule has 0 aliphatic rings. The van der Waals surface area contributed by atoms with Gasteiger partial charge in [-0.25, -0.2) is 4.79 Å². The van der Waals surface area contributed by atoms with Gasteiger partial charge in [-0.15, -0.1) is 0 Å². The third-order valence-corrected chi connectivity index (χ3v) is 2.71. The number of esters is 1. The highest BCUT2D eigenvalue weighted by atomic mass is 16.5. The van der Waals surface area contributed by atoms with Crippen molar-refractivity contribution >= 4 is 17.7 Å². The van der Waals surface area contributed by atoms with E-state index >= 15 is 0 Å². The minimum Gasteiger partial charge on any atom is -0.465 e. The van der Waals surface area contributed by atoms with Crippen molar-refractivity contribution in [2.75, 3.05) is 18.5 Å². The molecule has 2 amide bonds. The highest BCUT2D eigenvalue weighted by Gasteiger charge is 2.13. The molecule has 0 saturated carbocycles. The molecule has 0 unspecified atom stereocenters. The van der Waals surface area contributed by atoms with Crippen LogP contribution in [-0.2, 0) is 14.9 Å². The smallest absolute Gasteiger partial charge is 0.325 e. The zero-order valence-corrected chi connectivity index (χ0v) is 12.4. The van der Waals surface area contributed by atoms with Gasteiger partial charge < -0.3 is 15.4 Å². The van der Waals surface area contributed by atoms with Crippen LogP contribution in [0.4, 0.5) is 10.5 Å². The second kappa shape index (κ2) is 6.93. The van der Waals surface area contributed by atoms with Gasteiger partial charge in [0.25, 0.3) is 0 Å². The fourth-order valence-corrected chi connectivity index (χ4v) is 1.59. The van der Waals surface area contributed by atoms with Crippen LogP contribution < -0.4 is 10.6 Å². The van der Waals surface area contributed by atoms with Crippen molar-refractivity contribution < 1.29 is 14.3 Å². The molecule has 0 spiro atoms. The SMILES string of the molecule is CCOC(=O)CNC(=O)Nc1ccc(C(C)(C)C)cc1. The van der Waals surface area contributed by atoms with Gasteiger partial charge in [-0.1, -0.05) is 32.9 Å². The Balaban J connectivity index is 2.48. The summed E-state index contributed by atoms with van der Waals surface area (Å²) in [7, 11) is 0. The van der Waals surface area contributed by atoms with Gasteiger partial charge in [0, 0.05) is 5.69 Å². The maximum absolute atomic E-state index is 11.6. The summed E-state index contributed by atoms with van der Waals surface area (Å²) in [6.07, 6.45) is 0. The number of carbonyl (C=O) groups excluding carboxylic acids is 2. The fourth-order valence-electron chi connectivity index (χ4n) is 1.59. The van der Waals surface area contributed by atoms with Crippen molar-refractivity contribution in [3.05, 3.63) is 29.8 Å². The monoisotopic (exact) mass is 278 g/mol. The topological polar surface area (TPSA) is 67.4 Å². The molecule has 0 bridgehead atoms. The van der Waals surface area contributed by atoms with Crippen LogP contribution in [0.2, 0.25) is 0 Å². The van der Waals surface area contributed by atoms with Crippen molar-refractivity contribution in [2.24, 2.45) is 0 Å². The maximum atomic E-state index is 11.6. The molecule has 1 rings (SSSR count). The summed E-state index contributed by atoms with van der Waals surface area (Å²) in [4.78, 5) is 22.7. The summed E-state index contributed by atoms with van der Waals surface area (Å²) >= 11 is 0. The minimum absolute atomic E-state index is 0.0741. The third kappa shape index (κ3) is 5.30. The van der Waals surface area contributed by atoms with E-state index < -0.39 is 12.0 Å². The number of ether oxygens (including phenoxy) is 1. The Morgan fingerprint density at radius 3 is 2.25 bits per heavy atom. The van der Waals surface area contributed by atoms with E-state index in [-0.39, 0.29) is 12.0 Å². The minimum atomic E-state index is -0.453. The molecular weight excluding hydrogens is 256 g/mol. The highest BCUT2D eigenvalue weighted by Crippen LogP contribution is 2.23. The van der Waals surface area contributed by atoms with Crippen LogP contribution in [-0.4, -0.2) is 25.2 Å². The van der Waals surface area contributed by atoms with E-state index in [2.05, 4.69) is 31.4 Å². The third-order valence-electron chi connectivity index (χ3n) is 2.71. The Morgan fingerprint density at radius 2 is 1.75 bits per heavy atom. The van der Waals surface area contributed by atoms with Crippen LogP contribution >= 0.6 is 0 Å². The predicted molar refractivity (Wildman–Crippen MR) is 78.8 cm³/mol. The summed E-state index contributed by atoms with van der Waals surface area (Å²) in [5.41, 5.74) is 1.94. The van der Waals surface area contributed by atoms with E-state index in [1.54, 1.807) is 6.92 Å². The van der Waals surface area contributed by atoms with Gasteiger partial charge in [0.05, 0.1) is 6.61 Å². The number of amides is 2. The van der Waals surface area contributed by atoms with Gasteiger partial charge in [-0.05, 0) is 30.0 Å². The van der Waals surface area contributed by atoms with Crippen LogP contribution in [0.5, 0.6) is 0 Å². The molecule has 5 nitrogen and oxygen atoms in total. The van der Waals surface area contributed by atoms with Crippen LogP contribution in [0.15, 0.2) is 24.3 Å². The lowest BCUT2D eigenvalue weighted by Gasteiger charge is -2.19. The molecule has 0 radical (unpaired) electrons. The second-order valence-corrected chi connectivity index (χ2v) is 5.44. The largest absolute Gasteiger partial charge is 0.465 e. The summed E-state index contributed by atoms with van der Waals surface area (Å²) in [6, 6.07) is 7.19. The Bertz CT molecular complexity index is 461. The zero-order chi connectivity index (χ0) is 15.2. The Labute approximate surface area is 119 Å². The zero-order valence-electron chi connectivity index (χ0n) is 12.4. The van der Waals surface area contributed by atoms with E-state index in [0.29, 0.717) is 12.3 Å². The van der Waals surface area contributed by atoms with E-state index in [1.165, 1.54) is 5.56 Å². The standard InChI is InChI=1S/C15H22N2O3/c1-5-20-13(18)10-16-14(19)17-12-8-6-11(7-9-12)15(2,3)4/h6-9H,5,10H2,1-4H3,(H2,16,17,19). The molecule has 0 aliphatic heterocycles. The molecule has 1 aromatic carbocycles. The Hall–Kier alpha value is -2.04. The van der Waals surface area contributed by atoms with Gasteiger partial charge in [-0.3, -0.25) is 4.79 Å². The Kier molecular flexibility index (Phi) is 5.55. The van der Waals surface area contributed by atoms with E-state index in [0.717, 1.165) is 0 Å². The molecule has 0 heterocycles. The molecule has 0 aliphatic carbocycles. The van der Waals surface area contributed by atoms with Crippen LogP contribution in [0.1, 0.15) is 33.3 Å². The van der Waals surface area contributed by atoms with Crippen LogP contribution in [0.25, 0.3) is 0 Å². The van der Waals surface area contributed by atoms with Crippen molar-refractivity contribution in [2.45, 2.75) is 33.1 Å². The molecule has 1 aromatic rings. The number of hydrogen-bond acceptors (Lipinski definition) is 3. The molecule has 2 N–H and O–H groups in total. The lowest BCUT2D eigenvalue weighted by molar-refractivity contribution is -0.141. The molecule has 0 aromatic heterocycles. The number of urea groups is 1. The molecule has 20 heavy (non-hydrogen) atoms. The molecule has 5 heteroatoms. The van der Waals surface area contributed by atoms with E-state index in [9.17, 15) is 9.59 Å². The van der Waals surface area contributed by atoms with Gasteiger partial charge in [-0.2, -0.15) is 0 Å². The number of benzene rings is 1. The second-order valence-electron chi connectivity index (χ2n) is 5.44. The van der Waals surface area contributed by atoms with E-state index in [4.69, 9.17) is 4.74 Å². The molecule has 0 saturated heterocycles. The predicted octanol–water partition coefficient (Wildman–Crippen LogP) is 2.67. The van der Waals surface area contributed by atoms with Crippen molar-refractivity contribution in [3.8, 4) is 0 Å². The molecule has 0 fully saturated rings. The normalized spacial score (nSPS) is 10.8. The first-order chi connectivity index (χ1) is 9.32. The lowest BCUT2D eigenvalue weighted by Crippen LogP contribution is -2.34. The summed E-state index contributed by atoms with van der Waals surface area (Å²) in [5.74, 6) is -0.453. The van der Waals surface area contributed by atoms with Gasteiger partial charge in [0.2, 0.25) is 0 Å². The fraction of sp³-hybridized carbons (Fsp3) is 0.467. The number of nitrogens with one attached hydrogen (secondary N) is 2. The quantitative estimate of drug-likeness (QED) is 0.832. The first kappa shape index (κ1) is 16.0. The molecule has 110 valence electrons.